The van der Waals surface area contributed by atoms with Crippen LogP contribution in [0.3, 0.4) is 0 Å². The average Bonchev–Trinajstić information content (AvgIpc) is 2.42. The molecular formula is C17H22FNO4. The fourth-order valence-corrected chi connectivity index (χ4v) is 1.71. The first kappa shape index (κ1) is 18.7. The van der Waals surface area contributed by atoms with Gasteiger partial charge in [-0.15, -0.1) is 0 Å². The van der Waals surface area contributed by atoms with Gasteiger partial charge in [0.2, 0.25) is 0 Å². The van der Waals surface area contributed by atoms with Crippen LogP contribution in [0.1, 0.15) is 43.6 Å². The van der Waals surface area contributed by atoms with Gasteiger partial charge in [0.1, 0.15) is 11.4 Å². The highest BCUT2D eigenvalue weighted by Gasteiger charge is 2.15. The summed E-state index contributed by atoms with van der Waals surface area (Å²) in [4.78, 5) is 23.3. The third kappa shape index (κ3) is 6.95. The standard InChI is InChI=1S/C17H22FNO4/c1-5-22-15(20)14-9-8-13(18)11-12(14)7-6-10-19-16(21)23-17(2,3)4/h6-9,11H,5,10H2,1-4H3,(H,19,21). The maximum absolute atomic E-state index is 13.3. The van der Waals surface area contributed by atoms with Gasteiger partial charge in [0.25, 0.3) is 0 Å². The first-order valence-corrected chi connectivity index (χ1v) is 7.33. The molecule has 0 aliphatic carbocycles. The van der Waals surface area contributed by atoms with Crippen molar-refractivity contribution in [1.82, 2.24) is 5.32 Å². The van der Waals surface area contributed by atoms with Gasteiger partial charge in [0.05, 0.1) is 12.2 Å². The first-order valence-electron chi connectivity index (χ1n) is 7.33. The molecule has 6 heteroatoms. The molecule has 1 aromatic carbocycles. The van der Waals surface area contributed by atoms with E-state index < -0.39 is 23.5 Å². The highest BCUT2D eigenvalue weighted by Crippen LogP contribution is 2.14. The number of nitrogens with one attached hydrogen (secondary N) is 1. The quantitative estimate of drug-likeness (QED) is 0.842. The number of hydrogen-bond acceptors (Lipinski definition) is 4. The predicted octanol–water partition coefficient (Wildman–Crippen LogP) is 3.54. The summed E-state index contributed by atoms with van der Waals surface area (Å²) in [5.41, 5.74) is 0.0733. The zero-order valence-corrected chi connectivity index (χ0v) is 13.8. The summed E-state index contributed by atoms with van der Waals surface area (Å²) in [5, 5.41) is 2.54. The minimum absolute atomic E-state index is 0.188. The first-order chi connectivity index (χ1) is 10.7. The molecule has 0 aliphatic heterocycles. The number of carbonyl (C=O) groups excluding carboxylic acids is 2. The molecule has 0 saturated carbocycles. The van der Waals surface area contributed by atoms with Gasteiger partial charge in [-0.3, -0.25) is 0 Å². The summed E-state index contributed by atoms with van der Waals surface area (Å²) in [6.07, 6.45) is 2.60. The summed E-state index contributed by atoms with van der Waals surface area (Å²) < 4.78 is 23.4. The number of carbonyl (C=O) groups is 2. The maximum atomic E-state index is 13.3. The van der Waals surface area contributed by atoms with E-state index in [0.29, 0.717) is 5.56 Å². The number of esters is 1. The third-order valence-corrected chi connectivity index (χ3v) is 2.57. The molecule has 0 saturated heterocycles. The second-order valence-electron chi connectivity index (χ2n) is 5.74. The van der Waals surface area contributed by atoms with Gasteiger partial charge in [-0.25, -0.2) is 14.0 Å². The van der Waals surface area contributed by atoms with E-state index in [1.807, 2.05) is 0 Å². The Morgan fingerprint density at radius 2 is 2.00 bits per heavy atom. The molecule has 0 heterocycles. The second-order valence-corrected chi connectivity index (χ2v) is 5.74. The Morgan fingerprint density at radius 1 is 1.30 bits per heavy atom. The van der Waals surface area contributed by atoms with Crippen molar-refractivity contribution < 1.29 is 23.5 Å². The smallest absolute Gasteiger partial charge is 0.407 e. The summed E-state index contributed by atoms with van der Waals surface area (Å²) in [7, 11) is 0. The molecule has 0 aromatic heterocycles. The summed E-state index contributed by atoms with van der Waals surface area (Å²) in [6.45, 7) is 7.41. The van der Waals surface area contributed by atoms with Gasteiger partial charge in [-0.2, -0.15) is 0 Å². The second kappa shape index (κ2) is 8.31. The Hall–Kier alpha value is -2.37. The van der Waals surface area contributed by atoms with Gasteiger partial charge < -0.3 is 14.8 Å². The number of ether oxygens (including phenoxy) is 2. The van der Waals surface area contributed by atoms with Crippen molar-refractivity contribution in [2.75, 3.05) is 13.2 Å². The lowest BCUT2D eigenvalue weighted by Crippen LogP contribution is -2.32. The lowest BCUT2D eigenvalue weighted by Gasteiger charge is -2.19. The van der Waals surface area contributed by atoms with E-state index >= 15 is 0 Å². The van der Waals surface area contributed by atoms with Crippen LogP contribution in [0.5, 0.6) is 0 Å². The van der Waals surface area contributed by atoms with Crippen LogP contribution in [0, 0.1) is 5.82 Å². The van der Waals surface area contributed by atoms with E-state index in [0.717, 1.165) is 0 Å². The number of alkyl carbamates (subject to hydrolysis) is 1. The Balaban J connectivity index is 2.70. The van der Waals surface area contributed by atoms with Crippen LogP contribution < -0.4 is 5.32 Å². The summed E-state index contributed by atoms with van der Waals surface area (Å²) in [5.74, 6) is -0.981. The van der Waals surface area contributed by atoms with Gasteiger partial charge in [-0.05, 0) is 51.5 Å². The van der Waals surface area contributed by atoms with Crippen molar-refractivity contribution in [3.05, 3.63) is 41.2 Å². The largest absolute Gasteiger partial charge is 0.462 e. The Morgan fingerprint density at radius 3 is 2.61 bits per heavy atom. The zero-order chi connectivity index (χ0) is 17.5. The molecule has 1 aromatic rings. The lowest BCUT2D eigenvalue weighted by molar-refractivity contribution is 0.0518. The molecule has 23 heavy (non-hydrogen) atoms. The minimum atomic E-state index is -0.576. The maximum Gasteiger partial charge on any atom is 0.407 e. The van der Waals surface area contributed by atoms with Gasteiger partial charge in [0, 0.05) is 6.54 Å². The number of hydrogen-bond donors (Lipinski definition) is 1. The van der Waals surface area contributed by atoms with Crippen LogP contribution in [0.15, 0.2) is 24.3 Å². The average molecular weight is 323 g/mol. The Labute approximate surface area is 135 Å². The highest BCUT2D eigenvalue weighted by atomic mass is 19.1. The predicted molar refractivity (Wildman–Crippen MR) is 85.6 cm³/mol. The van der Waals surface area contributed by atoms with Crippen LogP contribution in [-0.2, 0) is 9.47 Å². The zero-order valence-electron chi connectivity index (χ0n) is 13.8. The Bertz CT molecular complexity index is 591. The molecule has 0 radical (unpaired) electrons. The topological polar surface area (TPSA) is 64.6 Å². The van der Waals surface area contributed by atoms with Crippen LogP contribution in [0.25, 0.3) is 6.08 Å². The van der Waals surface area contributed by atoms with Crippen LogP contribution >= 0.6 is 0 Å². The van der Waals surface area contributed by atoms with Gasteiger partial charge in [0.15, 0.2) is 0 Å². The fourth-order valence-electron chi connectivity index (χ4n) is 1.71. The van der Waals surface area contributed by atoms with E-state index in [-0.39, 0.29) is 18.7 Å². The number of rotatable bonds is 5. The number of amides is 1. The fraction of sp³-hybridized carbons (Fsp3) is 0.412. The molecule has 1 N–H and O–H groups in total. The number of halogens is 1. The van der Waals surface area contributed by atoms with Crippen molar-refractivity contribution in [2.24, 2.45) is 0 Å². The minimum Gasteiger partial charge on any atom is -0.462 e. The van der Waals surface area contributed by atoms with Crippen LogP contribution in [0.4, 0.5) is 9.18 Å². The molecule has 0 aliphatic rings. The van der Waals surface area contributed by atoms with Crippen LogP contribution in [-0.4, -0.2) is 30.8 Å². The van der Waals surface area contributed by atoms with E-state index in [9.17, 15) is 14.0 Å². The molecular weight excluding hydrogens is 301 g/mol. The normalized spacial score (nSPS) is 11.3. The van der Waals surface area contributed by atoms with Crippen molar-refractivity contribution in [3.63, 3.8) is 0 Å². The lowest BCUT2D eigenvalue weighted by atomic mass is 10.1. The molecule has 0 bridgehead atoms. The van der Waals surface area contributed by atoms with E-state index in [1.165, 1.54) is 18.2 Å². The third-order valence-electron chi connectivity index (χ3n) is 2.57. The number of benzene rings is 1. The highest BCUT2D eigenvalue weighted by molar-refractivity contribution is 5.93. The molecule has 0 spiro atoms. The van der Waals surface area contributed by atoms with E-state index in [1.54, 1.807) is 39.8 Å². The monoisotopic (exact) mass is 323 g/mol. The van der Waals surface area contributed by atoms with Crippen molar-refractivity contribution in [1.29, 1.82) is 0 Å². The van der Waals surface area contributed by atoms with Crippen LogP contribution in [0.2, 0.25) is 0 Å². The summed E-state index contributed by atoms with van der Waals surface area (Å²) >= 11 is 0. The molecule has 0 unspecified atom stereocenters. The van der Waals surface area contributed by atoms with Crippen molar-refractivity contribution in [2.45, 2.75) is 33.3 Å². The molecule has 0 atom stereocenters. The molecule has 0 fully saturated rings. The van der Waals surface area contributed by atoms with Crippen molar-refractivity contribution >= 4 is 18.1 Å². The molecule has 1 rings (SSSR count). The molecule has 126 valence electrons. The van der Waals surface area contributed by atoms with Crippen molar-refractivity contribution in [3.8, 4) is 0 Å². The van der Waals surface area contributed by atoms with Gasteiger partial charge >= 0.3 is 12.1 Å². The molecule has 5 nitrogen and oxygen atoms in total. The summed E-state index contributed by atoms with van der Waals surface area (Å²) in [6, 6.07) is 3.80. The Kier molecular flexibility index (Phi) is 6.75. The SMILES string of the molecule is CCOC(=O)c1ccc(F)cc1C=CCNC(=O)OC(C)(C)C. The van der Waals surface area contributed by atoms with E-state index in [2.05, 4.69) is 5.32 Å². The molecule has 1 amide bonds. The van der Waals surface area contributed by atoms with E-state index in [4.69, 9.17) is 9.47 Å². The van der Waals surface area contributed by atoms with Gasteiger partial charge in [-0.1, -0.05) is 12.2 Å².